The van der Waals surface area contributed by atoms with Gasteiger partial charge in [0.05, 0.1) is 11.6 Å². The van der Waals surface area contributed by atoms with Crippen LogP contribution in [0, 0.1) is 12.3 Å². The van der Waals surface area contributed by atoms with Crippen LogP contribution in [-0.2, 0) is 16.1 Å². The number of rotatable bonds is 6. The van der Waals surface area contributed by atoms with E-state index in [4.69, 9.17) is 15.9 Å². The van der Waals surface area contributed by atoms with Gasteiger partial charge in [0, 0.05) is 47.8 Å². The summed E-state index contributed by atoms with van der Waals surface area (Å²) in [6, 6.07) is 14.1. The monoisotopic (exact) mass is 545 g/mol. The van der Waals surface area contributed by atoms with Crippen LogP contribution in [0.1, 0.15) is 55.6 Å². The zero-order chi connectivity index (χ0) is 25.2. The molecular formula is C30H28BrNO4. The fraction of sp³-hybridized carbons (Fsp3) is 0.333. The molecule has 0 saturated carbocycles. The van der Waals surface area contributed by atoms with E-state index in [1.54, 1.807) is 7.11 Å². The van der Waals surface area contributed by atoms with E-state index in [-0.39, 0.29) is 18.2 Å². The van der Waals surface area contributed by atoms with Crippen molar-refractivity contribution in [3.8, 4) is 23.8 Å². The molecule has 0 unspecified atom stereocenters. The summed E-state index contributed by atoms with van der Waals surface area (Å²) < 4.78 is 12.0. The number of carbonyl (C=O) groups excluding carboxylic acids is 2. The molecule has 36 heavy (non-hydrogen) atoms. The maximum Gasteiger partial charge on any atom is 0.176 e. The molecule has 0 spiro atoms. The predicted octanol–water partition coefficient (Wildman–Crippen LogP) is 6.08. The topological polar surface area (TPSA) is 55.8 Å². The molecule has 0 radical (unpaired) electrons. The van der Waals surface area contributed by atoms with Gasteiger partial charge in [-0.3, -0.25) is 9.59 Å². The second kappa shape index (κ2) is 10.4. The Balaban J connectivity index is 1.69. The van der Waals surface area contributed by atoms with Crippen molar-refractivity contribution >= 4 is 27.5 Å². The number of carbonyl (C=O) groups is 2. The van der Waals surface area contributed by atoms with Crippen LogP contribution in [0.3, 0.4) is 0 Å². The minimum Gasteiger partial charge on any atom is -0.493 e. The zero-order valence-electron chi connectivity index (χ0n) is 20.3. The fourth-order valence-corrected chi connectivity index (χ4v) is 6.24. The van der Waals surface area contributed by atoms with E-state index in [1.807, 2.05) is 30.3 Å². The molecule has 0 saturated heterocycles. The Kier molecular flexibility index (Phi) is 7.02. The number of allylic oxidation sites excluding steroid dienone is 4. The van der Waals surface area contributed by atoms with E-state index in [9.17, 15) is 9.59 Å². The maximum absolute atomic E-state index is 13.5. The number of hydrogen-bond acceptors (Lipinski definition) is 5. The first kappa shape index (κ1) is 24.4. The summed E-state index contributed by atoms with van der Waals surface area (Å²) in [6.45, 7) is 0.755. The van der Waals surface area contributed by atoms with Crippen molar-refractivity contribution in [1.29, 1.82) is 0 Å². The van der Waals surface area contributed by atoms with Gasteiger partial charge in [-0.25, -0.2) is 0 Å². The highest BCUT2D eigenvalue weighted by atomic mass is 79.9. The lowest BCUT2D eigenvalue weighted by molar-refractivity contribution is -0.117. The van der Waals surface area contributed by atoms with E-state index in [1.165, 1.54) is 0 Å². The van der Waals surface area contributed by atoms with Gasteiger partial charge in [0.2, 0.25) is 0 Å². The Morgan fingerprint density at radius 3 is 2.22 bits per heavy atom. The third kappa shape index (κ3) is 4.37. The van der Waals surface area contributed by atoms with Gasteiger partial charge in [0.25, 0.3) is 0 Å². The second-order valence-corrected chi connectivity index (χ2v) is 10.2. The van der Waals surface area contributed by atoms with E-state index in [2.05, 4.69) is 38.9 Å². The molecule has 0 fully saturated rings. The molecule has 184 valence electrons. The summed E-state index contributed by atoms with van der Waals surface area (Å²) in [5, 5.41) is 0. The fourth-order valence-electron chi connectivity index (χ4n) is 5.67. The van der Waals surface area contributed by atoms with Crippen LogP contribution in [0.5, 0.6) is 11.5 Å². The van der Waals surface area contributed by atoms with E-state index >= 15 is 0 Å². The number of halogens is 1. The number of nitrogens with zero attached hydrogens (tertiary/aromatic N) is 1. The van der Waals surface area contributed by atoms with Gasteiger partial charge in [-0.05, 0) is 64.9 Å². The number of hydrogen-bond donors (Lipinski definition) is 0. The zero-order valence-corrected chi connectivity index (χ0v) is 21.9. The average molecular weight is 546 g/mol. The minimum absolute atomic E-state index is 0.105. The first-order valence-electron chi connectivity index (χ1n) is 12.3. The van der Waals surface area contributed by atoms with Crippen LogP contribution in [0.25, 0.3) is 0 Å². The number of ether oxygens (including phenoxy) is 2. The lowest BCUT2D eigenvalue weighted by atomic mass is 9.71. The van der Waals surface area contributed by atoms with E-state index in [0.29, 0.717) is 35.4 Å². The Labute approximate surface area is 220 Å². The van der Waals surface area contributed by atoms with Crippen LogP contribution >= 0.6 is 15.9 Å². The Hall–Kier alpha value is -3.30. The molecule has 6 heteroatoms. The smallest absolute Gasteiger partial charge is 0.176 e. The summed E-state index contributed by atoms with van der Waals surface area (Å²) in [4.78, 5) is 29.3. The Morgan fingerprint density at radius 2 is 1.64 bits per heavy atom. The number of Topliss-reactive ketones (excluding diaryl/α,β-unsaturated/α-hetero) is 2. The number of methoxy groups -OCH3 is 1. The molecule has 2 aliphatic carbocycles. The van der Waals surface area contributed by atoms with Crippen molar-refractivity contribution in [1.82, 2.24) is 4.90 Å². The molecule has 0 N–H and O–H groups in total. The predicted molar refractivity (Wildman–Crippen MR) is 142 cm³/mol. The van der Waals surface area contributed by atoms with Crippen LogP contribution < -0.4 is 9.47 Å². The van der Waals surface area contributed by atoms with Gasteiger partial charge in [0.15, 0.2) is 23.1 Å². The third-order valence-corrected chi connectivity index (χ3v) is 7.74. The third-order valence-electron chi connectivity index (χ3n) is 7.15. The van der Waals surface area contributed by atoms with E-state index in [0.717, 1.165) is 59.4 Å². The SMILES string of the molecule is C#CCOc1c(Br)cc(C2C3=C(CCCC3=O)N(Cc3ccccc3)C3=C2C(=O)CCC3)cc1OC. The molecule has 0 amide bonds. The number of terminal acetylenes is 1. The largest absolute Gasteiger partial charge is 0.493 e. The molecule has 0 bridgehead atoms. The quantitative estimate of drug-likeness (QED) is 0.411. The molecule has 1 aliphatic heterocycles. The molecule has 0 atom stereocenters. The molecule has 5 nitrogen and oxygen atoms in total. The summed E-state index contributed by atoms with van der Waals surface area (Å²) in [5.41, 5.74) is 5.60. The lowest BCUT2D eigenvalue weighted by Gasteiger charge is -2.44. The van der Waals surface area contributed by atoms with Crippen LogP contribution in [0.4, 0.5) is 0 Å². The van der Waals surface area contributed by atoms with Gasteiger partial charge in [0.1, 0.15) is 6.61 Å². The van der Waals surface area contributed by atoms with Crippen molar-refractivity contribution in [2.45, 2.75) is 51.0 Å². The highest BCUT2D eigenvalue weighted by molar-refractivity contribution is 9.10. The highest BCUT2D eigenvalue weighted by Gasteiger charge is 2.43. The van der Waals surface area contributed by atoms with Crippen molar-refractivity contribution < 1.29 is 19.1 Å². The van der Waals surface area contributed by atoms with Gasteiger partial charge in [-0.1, -0.05) is 36.3 Å². The molecule has 2 aromatic carbocycles. The van der Waals surface area contributed by atoms with Crippen molar-refractivity contribution in [3.05, 3.63) is 80.6 Å². The Bertz CT molecular complexity index is 1270. The number of ketones is 2. The summed E-state index contributed by atoms with van der Waals surface area (Å²) in [6.07, 6.45) is 9.64. The van der Waals surface area contributed by atoms with Crippen LogP contribution in [0.2, 0.25) is 0 Å². The molecule has 0 aromatic heterocycles. The van der Waals surface area contributed by atoms with Gasteiger partial charge >= 0.3 is 0 Å². The second-order valence-electron chi connectivity index (χ2n) is 9.31. The summed E-state index contributed by atoms with van der Waals surface area (Å²) in [5.74, 6) is 3.31. The first-order chi connectivity index (χ1) is 17.5. The Morgan fingerprint density at radius 1 is 1.00 bits per heavy atom. The van der Waals surface area contributed by atoms with Crippen molar-refractivity contribution in [3.63, 3.8) is 0 Å². The first-order valence-corrected chi connectivity index (χ1v) is 13.1. The maximum atomic E-state index is 13.5. The van der Waals surface area contributed by atoms with Gasteiger partial charge in [-0.2, -0.15) is 0 Å². The molecule has 3 aliphatic rings. The normalized spacial score (nSPS) is 18.1. The lowest BCUT2D eigenvalue weighted by Crippen LogP contribution is -2.38. The van der Waals surface area contributed by atoms with E-state index < -0.39 is 5.92 Å². The highest BCUT2D eigenvalue weighted by Crippen LogP contribution is 2.51. The summed E-state index contributed by atoms with van der Waals surface area (Å²) in [7, 11) is 1.57. The molecule has 2 aromatic rings. The molecular weight excluding hydrogens is 518 g/mol. The van der Waals surface area contributed by atoms with Crippen molar-refractivity contribution in [2.75, 3.05) is 13.7 Å². The van der Waals surface area contributed by atoms with Crippen LogP contribution in [0.15, 0.2) is 69.5 Å². The standard InChI is InChI=1S/C30H28BrNO4/c1-3-15-36-30-21(31)16-20(17-26(30)35-2)27-28-22(11-7-13-24(28)33)32(18-19-9-5-4-6-10-19)23-12-8-14-25(34)29(23)27/h1,4-6,9-10,16-17,27H,7-8,11-15,18H2,2H3. The van der Waals surface area contributed by atoms with Crippen molar-refractivity contribution in [2.24, 2.45) is 0 Å². The average Bonchev–Trinajstić information content (AvgIpc) is 2.89. The van der Waals surface area contributed by atoms with Crippen LogP contribution in [-0.4, -0.2) is 30.2 Å². The van der Waals surface area contributed by atoms with Gasteiger partial charge in [-0.15, -0.1) is 6.42 Å². The van der Waals surface area contributed by atoms with Gasteiger partial charge < -0.3 is 14.4 Å². The molecule has 5 rings (SSSR count). The summed E-state index contributed by atoms with van der Waals surface area (Å²) >= 11 is 3.61. The number of benzene rings is 2. The molecule has 1 heterocycles. The minimum atomic E-state index is -0.422.